The summed E-state index contributed by atoms with van der Waals surface area (Å²) in [4.78, 5) is 5.36. The van der Waals surface area contributed by atoms with Gasteiger partial charge in [-0.2, -0.15) is 5.26 Å². The van der Waals surface area contributed by atoms with Crippen LogP contribution in [-0.2, 0) is 22.0 Å². The summed E-state index contributed by atoms with van der Waals surface area (Å²) in [5.41, 5.74) is 0.741. The molecule has 0 aliphatic carbocycles. The molecular weight excluding hydrogens is 280 g/mol. The van der Waals surface area contributed by atoms with E-state index in [1.807, 2.05) is 0 Å². The van der Waals surface area contributed by atoms with Gasteiger partial charge in [-0.15, -0.1) is 11.3 Å². The topological polar surface area (TPSA) is 70.8 Å². The van der Waals surface area contributed by atoms with Crippen molar-refractivity contribution in [3.63, 3.8) is 0 Å². The van der Waals surface area contributed by atoms with Crippen molar-refractivity contribution in [3.05, 3.63) is 45.9 Å². The summed E-state index contributed by atoms with van der Waals surface area (Å²) in [5, 5.41) is 9.21. The molecule has 4 nitrogen and oxygen atoms in total. The summed E-state index contributed by atoms with van der Waals surface area (Å²) >= 11 is 1.29. The summed E-state index contributed by atoms with van der Waals surface area (Å²) in [7, 11) is -3.37. The molecular formula is C13H12N2O2S2. The SMILES string of the molecule is Cc1nc(CS(=O)(=O)c2ccccc2)sc1CC#N. The molecule has 0 aliphatic heterocycles. The van der Waals surface area contributed by atoms with Crippen LogP contribution in [0.3, 0.4) is 0 Å². The fraction of sp³-hybridized carbons (Fsp3) is 0.231. The number of benzene rings is 1. The molecule has 19 heavy (non-hydrogen) atoms. The van der Waals surface area contributed by atoms with Crippen LogP contribution in [-0.4, -0.2) is 13.4 Å². The smallest absolute Gasteiger partial charge is 0.184 e. The molecule has 0 bridgehead atoms. The van der Waals surface area contributed by atoms with Crippen molar-refractivity contribution in [1.29, 1.82) is 5.26 Å². The van der Waals surface area contributed by atoms with E-state index in [9.17, 15) is 8.42 Å². The molecule has 2 rings (SSSR count). The van der Waals surface area contributed by atoms with Crippen molar-refractivity contribution in [2.75, 3.05) is 0 Å². The minimum absolute atomic E-state index is 0.117. The Bertz CT molecular complexity index is 713. The molecule has 2 aromatic rings. The molecule has 1 aromatic heterocycles. The van der Waals surface area contributed by atoms with Crippen molar-refractivity contribution < 1.29 is 8.42 Å². The highest BCUT2D eigenvalue weighted by atomic mass is 32.2. The number of aromatic nitrogens is 1. The lowest BCUT2D eigenvalue weighted by Gasteiger charge is -2.01. The van der Waals surface area contributed by atoms with Crippen molar-refractivity contribution in [1.82, 2.24) is 4.98 Å². The van der Waals surface area contributed by atoms with E-state index in [1.165, 1.54) is 11.3 Å². The van der Waals surface area contributed by atoms with Crippen molar-refractivity contribution in [2.24, 2.45) is 0 Å². The standard InChI is InChI=1S/C13H12N2O2S2/c1-10-12(7-8-14)18-13(15-10)9-19(16,17)11-5-3-2-4-6-11/h2-6H,7,9H2,1H3. The molecule has 98 valence electrons. The third kappa shape index (κ3) is 3.19. The van der Waals surface area contributed by atoms with Gasteiger partial charge in [-0.25, -0.2) is 13.4 Å². The maximum atomic E-state index is 12.2. The molecule has 0 atom stereocenters. The van der Waals surface area contributed by atoms with Crippen molar-refractivity contribution in [2.45, 2.75) is 24.0 Å². The second-order valence-electron chi connectivity index (χ2n) is 4.02. The van der Waals surface area contributed by atoms with Gasteiger partial charge >= 0.3 is 0 Å². The van der Waals surface area contributed by atoms with Crippen LogP contribution in [0.2, 0.25) is 0 Å². The summed E-state index contributed by atoms with van der Waals surface area (Å²) in [6.07, 6.45) is 0.273. The molecule has 0 unspecified atom stereocenters. The minimum atomic E-state index is -3.37. The summed E-state index contributed by atoms with van der Waals surface area (Å²) < 4.78 is 24.4. The fourth-order valence-corrected chi connectivity index (χ4v) is 4.29. The predicted octanol–water partition coefficient (Wildman–Crippen LogP) is 2.49. The molecule has 1 aromatic carbocycles. The molecule has 0 radical (unpaired) electrons. The van der Waals surface area contributed by atoms with Gasteiger partial charge in [-0.3, -0.25) is 0 Å². The fourth-order valence-electron chi connectivity index (χ4n) is 1.66. The van der Waals surface area contributed by atoms with Gasteiger partial charge in [-0.1, -0.05) is 18.2 Å². The number of thiazole rings is 1. The first-order valence-electron chi connectivity index (χ1n) is 5.63. The minimum Gasteiger partial charge on any atom is -0.245 e. The lowest BCUT2D eigenvalue weighted by molar-refractivity contribution is 0.595. The lowest BCUT2D eigenvalue weighted by atomic mass is 10.3. The highest BCUT2D eigenvalue weighted by molar-refractivity contribution is 7.90. The van der Waals surface area contributed by atoms with E-state index in [2.05, 4.69) is 11.1 Å². The average molecular weight is 292 g/mol. The van der Waals surface area contributed by atoms with E-state index in [0.29, 0.717) is 9.90 Å². The van der Waals surface area contributed by atoms with Gasteiger partial charge in [0.2, 0.25) is 0 Å². The van der Waals surface area contributed by atoms with Crippen molar-refractivity contribution in [3.8, 4) is 6.07 Å². The quantitative estimate of drug-likeness (QED) is 0.868. The maximum absolute atomic E-state index is 12.2. The van der Waals surface area contributed by atoms with Gasteiger partial charge in [-0.05, 0) is 19.1 Å². The molecule has 0 saturated heterocycles. The van der Waals surface area contributed by atoms with Gasteiger partial charge in [0.1, 0.15) is 10.8 Å². The van der Waals surface area contributed by atoms with Gasteiger partial charge in [0.05, 0.1) is 23.1 Å². The summed E-state index contributed by atoms with van der Waals surface area (Å²) in [6, 6.07) is 10.4. The van der Waals surface area contributed by atoms with Crippen molar-refractivity contribution >= 4 is 21.2 Å². The van der Waals surface area contributed by atoms with Crippen LogP contribution in [0.4, 0.5) is 0 Å². The largest absolute Gasteiger partial charge is 0.245 e. The number of aryl methyl sites for hydroxylation is 1. The Balaban J connectivity index is 2.27. The lowest BCUT2D eigenvalue weighted by Crippen LogP contribution is -2.04. The Morgan fingerprint density at radius 1 is 1.32 bits per heavy atom. The number of nitriles is 1. The normalized spacial score (nSPS) is 11.2. The first-order chi connectivity index (χ1) is 9.03. The zero-order chi connectivity index (χ0) is 13.9. The highest BCUT2D eigenvalue weighted by Crippen LogP contribution is 2.23. The Hall–Kier alpha value is -1.71. The average Bonchev–Trinajstić information content (AvgIpc) is 2.70. The third-order valence-corrected chi connectivity index (χ3v) is 5.58. The second-order valence-corrected chi connectivity index (χ2v) is 7.18. The van der Waals surface area contributed by atoms with Crippen LogP contribution in [0.15, 0.2) is 35.2 Å². The predicted molar refractivity (Wildman–Crippen MR) is 73.5 cm³/mol. The van der Waals surface area contributed by atoms with Gasteiger partial charge in [0, 0.05) is 4.88 Å². The van der Waals surface area contributed by atoms with Crippen LogP contribution >= 0.6 is 11.3 Å². The van der Waals surface area contributed by atoms with Crippen LogP contribution in [0.25, 0.3) is 0 Å². The number of rotatable bonds is 4. The van der Waals surface area contributed by atoms with E-state index < -0.39 is 9.84 Å². The Morgan fingerprint density at radius 2 is 2.00 bits per heavy atom. The van der Waals surface area contributed by atoms with Crippen LogP contribution in [0.1, 0.15) is 15.6 Å². The van der Waals surface area contributed by atoms with E-state index in [0.717, 1.165) is 10.6 Å². The molecule has 0 fully saturated rings. The van der Waals surface area contributed by atoms with Gasteiger partial charge in [0.25, 0.3) is 0 Å². The number of sulfone groups is 1. The highest BCUT2D eigenvalue weighted by Gasteiger charge is 2.18. The van der Waals surface area contributed by atoms with E-state index in [4.69, 9.17) is 5.26 Å². The van der Waals surface area contributed by atoms with Crippen LogP contribution < -0.4 is 0 Å². The molecule has 0 spiro atoms. The summed E-state index contributed by atoms with van der Waals surface area (Å²) in [6.45, 7) is 1.79. The monoisotopic (exact) mass is 292 g/mol. The Morgan fingerprint density at radius 3 is 2.63 bits per heavy atom. The van der Waals surface area contributed by atoms with E-state index in [-0.39, 0.29) is 12.2 Å². The third-order valence-electron chi connectivity index (χ3n) is 2.59. The first-order valence-corrected chi connectivity index (χ1v) is 8.10. The molecule has 0 saturated carbocycles. The molecule has 6 heteroatoms. The molecule has 0 N–H and O–H groups in total. The molecule has 0 amide bonds. The van der Waals surface area contributed by atoms with E-state index in [1.54, 1.807) is 37.3 Å². The Labute approximate surface area is 116 Å². The van der Waals surface area contributed by atoms with Crippen LogP contribution in [0, 0.1) is 18.3 Å². The number of hydrogen-bond acceptors (Lipinski definition) is 5. The number of hydrogen-bond donors (Lipinski definition) is 0. The van der Waals surface area contributed by atoms with E-state index >= 15 is 0 Å². The molecule has 0 aliphatic rings. The zero-order valence-corrected chi connectivity index (χ0v) is 12.0. The Kier molecular flexibility index (Phi) is 3.98. The van der Waals surface area contributed by atoms with Crippen LogP contribution in [0.5, 0.6) is 0 Å². The maximum Gasteiger partial charge on any atom is 0.184 e. The number of nitrogens with zero attached hydrogens (tertiary/aromatic N) is 2. The first kappa shape index (κ1) is 13.7. The summed E-state index contributed by atoms with van der Waals surface area (Å²) in [5.74, 6) is -0.117. The molecule has 1 heterocycles. The second kappa shape index (κ2) is 5.51. The van der Waals surface area contributed by atoms with Gasteiger partial charge < -0.3 is 0 Å². The van der Waals surface area contributed by atoms with Gasteiger partial charge in [0.15, 0.2) is 9.84 Å². The zero-order valence-electron chi connectivity index (χ0n) is 10.3.